The Kier molecular flexibility index (Phi) is 4.85. The second-order valence-electron chi connectivity index (χ2n) is 8.25. The van der Waals surface area contributed by atoms with Crippen molar-refractivity contribution in [3.63, 3.8) is 0 Å². The molecule has 5 rings (SSSR count). The minimum absolute atomic E-state index is 0.0159. The minimum atomic E-state index is -0.374. The van der Waals surface area contributed by atoms with Crippen LogP contribution in [0.3, 0.4) is 0 Å². The van der Waals surface area contributed by atoms with Crippen molar-refractivity contribution in [3.05, 3.63) is 74.4 Å². The van der Waals surface area contributed by atoms with Gasteiger partial charge < -0.3 is 9.15 Å². The summed E-state index contributed by atoms with van der Waals surface area (Å²) in [4.78, 5) is 31.8. The van der Waals surface area contributed by atoms with E-state index in [4.69, 9.17) is 14.1 Å². The van der Waals surface area contributed by atoms with Crippen LogP contribution in [0.1, 0.15) is 49.4 Å². The molecular formula is C25H24N2O4. The van der Waals surface area contributed by atoms with E-state index in [2.05, 4.69) is 0 Å². The van der Waals surface area contributed by atoms with Gasteiger partial charge >= 0.3 is 0 Å². The quantitative estimate of drug-likeness (QED) is 0.446. The van der Waals surface area contributed by atoms with Crippen molar-refractivity contribution in [2.45, 2.75) is 44.9 Å². The van der Waals surface area contributed by atoms with Crippen LogP contribution in [0.15, 0.2) is 56.5 Å². The third kappa shape index (κ3) is 3.32. The highest BCUT2D eigenvalue weighted by Crippen LogP contribution is 2.33. The Labute approximate surface area is 179 Å². The molecule has 0 radical (unpaired) electrons. The van der Waals surface area contributed by atoms with Crippen molar-refractivity contribution in [2.24, 2.45) is 0 Å². The molecule has 0 saturated heterocycles. The number of methoxy groups -OCH3 is 1. The summed E-state index contributed by atoms with van der Waals surface area (Å²) in [6.45, 7) is 2.00. The van der Waals surface area contributed by atoms with Gasteiger partial charge in [0.2, 0.25) is 11.1 Å². The number of aromatic nitrogens is 2. The van der Waals surface area contributed by atoms with Gasteiger partial charge in [0.1, 0.15) is 17.2 Å². The molecular weight excluding hydrogens is 392 g/mol. The number of hydrogen-bond acceptors (Lipinski definition) is 5. The van der Waals surface area contributed by atoms with Gasteiger partial charge in [-0.2, -0.15) is 4.98 Å². The molecule has 1 saturated carbocycles. The lowest BCUT2D eigenvalue weighted by Gasteiger charge is -2.24. The number of aryl methyl sites for hydroxylation is 1. The van der Waals surface area contributed by atoms with Gasteiger partial charge in [0.05, 0.1) is 18.2 Å². The maximum atomic E-state index is 13.7. The smallest absolute Gasteiger partial charge is 0.273 e. The molecule has 31 heavy (non-hydrogen) atoms. The average Bonchev–Trinajstić information content (AvgIpc) is 2.80. The normalized spacial score (nSPS) is 14.9. The van der Waals surface area contributed by atoms with Crippen LogP contribution in [0.5, 0.6) is 5.75 Å². The number of ether oxygens (including phenoxy) is 1. The highest BCUT2D eigenvalue weighted by molar-refractivity contribution is 5.88. The number of nitrogens with zero attached hydrogens (tertiary/aromatic N) is 2. The molecule has 4 aromatic rings. The monoisotopic (exact) mass is 416 g/mol. The van der Waals surface area contributed by atoms with E-state index in [0.717, 1.165) is 36.9 Å². The zero-order chi connectivity index (χ0) is 21.5. The van der Waals surface area contributed by atoms with Gasteiger partial charge in [0, 0.05) is 12.0 Å². The van der Waals surface area contributed by atoms with Gasteiger partial charge in [-0.05, 0) is 44.0 Å². The Morgan fingerprint density at radius 1 is 1.03 bits per heavy atom. The van der Waals surface area contributed by atoms with Crippen molar-refractivity contribution in [3.8, 4) is 11.4 Å². The standard InChI is InChI=1S/C25H24N2O4/c1-15-8-10-17(11-9-15)27-23(16-6-4-3-5-7-16)26-24-21(25(27)29)22(28)19-13-12-18(30-2)14-20(19)31-24/h8-14,16H,3-7H2,1-2H3. The Morgan fingerprint density at radius 2 is 1.77 bits per heavy atom. The SMILES string of the molecule is COc1ccc2c(=O)c3c(=O)n(-c4ccc(C)cc4)c(C4CCCCC4)nc3oc2c1. The number of benzene rings is 2. The van der Waals surface area contributed by atoms with Gasteiger partial charge in [0.15, 0.2) is 5.39 Å². The molecule has 6 heteroatoms. The predicted molar refractivity (Wildman–Crippen MR) is 120 cm³/mol. The summed E-state index contributed by atoms with van der Waals surface area (Å²) < 4.78 is 12.9. The number of hydrogen-bond donors (Lipinski definition) is 0. The van der Waals surface area contributed by atoms with Crippen molar-refractivity contribution in [2.75, 3.05) is 7.11 Å². The van der Waals surface area contributed by atoms with E-state index in [0.29, 0.717) is 22.5 Å². The molecule has 0 aliphatic heterocycles. The molecule has 2 heterocycles. The molecule has 1 aliphatic carbocycles. The maximum Gasteiger partial charge on any atom is 0.273 e. The lowest BCUT2D eigenvalue weighted by molar-refractivity contribution is 0.414. The summed E-state index contributed by atoms with van der Waals surface area (Å²) in [5, 5.41) is 0.325. The van der Waals surface area contributed by atoms with Crippen LogP contribution < -0.4 is 15.7 Å². The summed E-state index contributed by atoms with van der Waals surface area (Å²) in [6.07, 6.45) is 5.33. The molecule has 158 valence electrons. The molecule has 6 nitrogen and oxygen atoms in total. The third-order valence-electron chi connectivity index (χ3n) is 6.21. The summed E-state index contributed by atoms with van der Waals surface area (Å²) in [5.74, 6) is 1.40. The largest absolute Gasteiger partial charge is 0.497 e. The van der Waals surface area contributed by atoms with Crippen LogP contribution >= 0.6 is 0 Å². The fourth-order valence-electron chi connectivity index (χ4n) is 4.50. The van der Waals surface area contributed by atoms with Gasteiger partial charge in [-0.25, -0.2) is 0 Å². The van der Waals surface area contributed by atoms with Crippen molar-refractivity contribution in [1.82, 2.24) is 9.55 Å². The first-order valence-corrected chi connectivity index (χ1v) is 10.7. The van der Waals surface area contributed by atoms with Crippen molar-refractivity contribution < 1.29 is 9.15 Å². The molecule has 0 bridgehead atoms. The number of fused-ring (bicyclic) bond motifs is 2. The molecule has 0 spiro atoms. The molecule has 1 fully saturated rings. The second kappa shape index (κ2) is 7.69. The lowest BCUT2D eigenvalue weighted by atomic mass is 9.88. The van der Waals surface area contributed by atoms with E-state index >= 15 is 0 Å². The Bertz CT molecular complexity index is 1390. The second-order valence-corrected chi connectivity index (χ2v) is 8.25. The summed E-state index contributed by atoms with van der Waals surface area (Å²) >= 11 is 0. The van der Waals surface area contributed by atoms with E-state index in [1.54, 1.807) is 29.9 Å². The molecule has 0 unspecified atom stereocenters. The maximum absolute atomic E-state index is 13.7. The van der Waals surface area contributed by atoms with Crippen LogP contribution in [0.25, 0.3) is 27.8 Å². The van der Waals surface area contributed by atoms with Gasteiger partial charge in [-0.1, -0.05) is 37.0 Å². The van der Waals surface area contributed by atoms with E-state index in [1.165, 1.54) is 6.42 Å². The molecule has 2 aromatic carbocycles. The summed E-state index contributed by atoms with van der Waals surface area (Å²) in [6, 6.07) is 12.7. The first-order chi connectivity index (χ1) is 15.1. The Hall–Kier alpha value is -3.41. The van der Waals surface area contributed by atoms with E-state index in [9.17, 15) is 9.59 Å². The fourth-order valence-corrected chi connectivity index (χ4v) is 4.50. The van der Waals surface area contributed by atoms with Crippen LogP contribution in [-0.2, 0) is 0 Å². The molecule has 0 atom stereocenters. The molecule has 1 aliphatic rings. The highest BCUT2D eigenvalue weighted by Gasteiger charge is 2.25. The summed E-state index contributed by atoms with van der Waals surface area (Å²) in [7, 11) is 1.56. The van der Waals surface area contributed by atoms with Crippen molar-refractivity contribution >= 4 is 22.1 Å². The molecule has 0 amide bonds. The average molecular weight is 416 g/mol. The zero-order valence-corrected chi connectivity index (χ0v) is 17.7. The third-order valence-corrected chi connectivity index (χ3v) is 6.21. The predicted octanol–water partition coefficient (Wildman–Crippen LogP) is 4.86. The van der Waals surface area contributed by atoms with Gasteiger partial charge in [-0.3, -0.25) is 14.2 Å². The highest BCUT2D eigenvalue weighted by atomic mass is 16.5. The van der Waals surface area contributed by atoms with E-state index in [-0.39, 0.29) is 28.0 Å². The van der Waals surface area contributed by atoms with Gasteiger partial charge in [-0.15, -0.1) is 0 Å². The lowest BCUT2D eigenvalue weighted by Crippen LogP contribution is -2.29. The van der Waals surface area contributed by atoms with Crippen molar-refractivity contribution in [1.29, 1.82) is 0 Å². The van der Waals surface area contributed by atoms with E-state index < -0.39 is 0 Å². The minimum Gasteiger partial charge on any atom is -0.497 e. The van der Waals surface area contributed by atoms with Gasteiger partial charge in [0.25, 0.3) is 5.56 Å². The molecule has 2 aromatic heterocycles. The van der Waals surface area contributed by atoms with Crippen LogP contribution in [0.2, 0.25) is 0 Å². The number of rotatable bonds is 3. The van der Waals surface area contributed by atoms with Crippen LogP contribution in [-0.4, -0.2) is 16.7 Å². The Balaban J connectivity index is 1.86. The first kappa shape index (κ1) is 19.5. The zero-order valence-electron chi connectivity index (χ0n) is 17.7. The summed E-state index contributed by atoms with van der Waals surface area (Å²) in [5.41, 5.74) is 1.54. The molecule has 0 N–H and O–H groups in total. The first-order valence-electron chi connectivity index (χ1n) is 10.7. The van der Waals surface area contributed by atoms with E-state index in [1.807, 2.05) is 31.2 Å². The van der Waals surface area contributed by atoms with Crippen LogP contribution in [0, 0.1) is 6.92 Å². The fraction of sp³-hybridized carbons (Fsp3) is 0.320. The Morgan fingerprint density at radius 3 is 2.48 bits per heavy atom. The topological polar surface area (TPSA) is 74.3 Å². The van der Waals surface area contributed by atoms with Crippen LogP contribution in [0.4, 0.5) is 0 Å².